The number of nitrogens with zero attached hydrogens (tertiary/aromatic N) is 2. The van der Waals surface area contributed by atoms with Crippen molar-refractivity contribution in [3.8, 4) is 0 Å². The summed E-state index contributed by atoms with van der Waals surface area (Å²) in [5.74, 6) is -0.202. The van der Waals surface area contributed by atoms with Crippen molar-refractivity contribution in [2.45, 2.75) is 24.2 Å². The summed E-state index contributed by atoms with van der Waals surface area (Å²) < 4.78 is 25.3. The third-order valence-electron chi connectivity index (χ3n) is 4.92. The number of benzene rings is 2. The van der Waals surface area contributed by atoms with Crippen molar-refractivity contribution in [1.29, 1.82) is 0 Å². The predicted octanol–water partition coefficient (Wildman–Crippen LogP) is 2.35. The molecule has 1 N–H and O–H groups in total. The van der Waals surface area contributed by atoms with Crippen LogP contribution in [0.4, 0.5) is 5.69 Å². The maximum Gasteiger partial charge on any atom is 0.255 e. The molecule has 0 spiro atoms. The number of anilines is 1. The van der Waals surface area contributed by atoms with Gasteiger partial charge >= 0.3 is 0 Å². The highest BCUT2D eigenvalue weighted by atomic mass is 32.2. The van der Waals surface area contributed by atoms with E-state index in [2.05, 4.69) is 5.32 Å². The average molecular weight is 416 g/mol. The van der Waals surface area contributed by atoms with Gasteiger partial charge in [0, 0.05) is 38.4 Å². The van der Waals surface area contributed by atoms with Gasteiger partial charge in [0.1, 0.15) is 0 Å². The zero-order valence-corrected chi connectivity index (χ0v) is 17.4. The van der Waals surface area contributed by atoms with Crippen LogP contribution < -0.4 is 5.32 Å². The Balaban J connectivity index is 1.61. The second-order valence-electron chi connectivity index (χ2n) is 7.23. The lowest BCUT2D eigenvalue weighted by Gasteiger charge is -2.15. The zero-order valence-electron chi connectivity index (χ0n) is 16.6. The first-order chi connectivity index (χ1) is 13.8. The summed E-state index contributed by atoms with van der Waals surface area (Å²) >= 11 is 0. The number of rotatable bonds is 6. The Morgan fingerprint density at radius 2 is 1.55 bits per heavy atom. The summed E-state index contributed by atoms with van der Waals surface area (Å²) in [6.07, 6.45) is 2.49. The van der Waals surface area contributed by atoms with Crippen LogP contribution in [0, 0.1) is 0 Å². The Bertz CT molecular complexity index is 978. The first kappa shape index (κ1) is 21.0. The van der Waals surface area contributed by atoms with E-state index >= 15 is 0 Å². The fraction of sp³-hybridized carbons (Fsp3) is 0.333. The largest absolute Gasteiger partial charge is 0.342 e. The third-order valence-corrected chi connectivity index (χ3v) is 6.75. The van der Waals surface area contributed by atoms with Crippen molar-refractivity contribution in [1.82, 2.24) is 9.21 Å². The summed E-state index contributed by atoms with van der Waals surface area (Å²) in [4.78, 5) is 26.6. The lowest BCUT2D eigenvalue weighted by atomic mass is 10.1. The summed E-state index contributed by atoms with van der Waals surface area (Å²) in [5, 5.41) is 2.78. The van der Waals surface area contributed by atoms with Crippen LogP contribution in [0.25, 0.3) is 0 Å². The van der Waals surface area contributed by atoms with Crippen molar-refractivity contribution in [2.24, 2.45) is 0 Å². The fourth-order valence-corrected chi connectivity index (χ4v) is 4.05. The molecule has 2 aromatic rings. The molecule has 0 aliphatic carbocycles. The minimum absolute atomic E-state index is 0.131. The van der Waals surface area contributed by atoms with E-state index < -0.39 is 10.0 Å². The maximum atomic E-state index is 12.4. The van der Waals surface area contributed by atoms with Crippen LogP contribution in [0.3, 0.4) is 0 Å². The van der Waals surface area contributed by atoms with Crippen LogP contribution in [0.2, 0.25) is 0 Å². The number of carbonyl (C=O) groups is 2. The first-order valence-corrected chi connectivity index (χ1v) is 10.9. The second-order valence-corrected chi connectivity index (χ2v) is 9.38. The maximum absolute atomic E-state index is 12.4. The van der Waals surface area contributed by atoms with E-state index in [1.165, 1.54) is 38.4 Å². The number of likely N-dealkylation sites (tertiary alicyclic amines) is 1. The highest BCUT2D eigenvalue weighted by Crippen LogP contribution is 2.17. The van der Waals surface area contributed by atoms with Crippen LogP contribution >= 0.6 is 0 Å². The fourth-order valence-electron chi connectivity index (χ4n) is 3.15. The van der Waals surface area contributed by atoms with Gasteiger partial charge in [-0.1, -0.05) is 12.1 Å². The van der Waals surface area contributed by atoms with Gasteiger partial charge in [-0.05, 0) is 54.8 Å². The van der Waals surface area contributed by atoms with Crippen molar-refractivity contribution in [2.75, 3.05) is 32.5 Å². The molecule has 0 unspecified atom stereocenters. The summed E-state index contributed by atoms with van der Waals surface area (Å²) in [7, 11) is -0.615. The van der Waals surface area contributed by atoms with Gasteiger partial charge in [-0.15, -0.1) is 0 Å². The van der Waals surface area contributed by atoms with Gasteiger partial charge in [0.05, 0.1) is 11.3 Å². The van der Waals surface area contributed by atoms with Crippen molar-refractivity contribution in [3.05, 3.63) is 59.7 Å². The molecular weight excluding hydrogens is 390 g/mol. The van der Waals surface area contributed by atoms with Gasteiger partial charge in [-0.2, -0.15) is 0 Å². The summed E-state index contributed by atoms with van der Waals surface area (Å²) in [5.41, 5.74) is 1.87. The molecule has 0 radical (unpaired) electrons. The van der Waals surface area contributed by atoms with Crippen molar-refractivity contribution < 1.29 is 18.0 Å². The molecule has 0 atom stereocenters. The van der Waals surface area contributed by atoms with Gasteiger partial charge in [0.15, 0.2) is 0 Å². The number of amides is 2. The standard InChI is InChI=1S/C21H25N3O4S/c1-23(2)29(27,28)19-11-7-17(8-12-19)21(26)22-18-9-5-16(6-10-18)15-20(25)24-13-3-4-14-24/h5-12H,3-4,13-15H2,1-2H3,(H,22,26). The minimum atomic E-state index is -3.53. The molecule has 0 saturated carbocycles. The third kappa shape index (κ3) is 5.02. The molecule has 2 aromatic carbocycles. The lowest BCUT2D eigenvalue weighted by molar-refractivity contribution is -0.129. The molecular formula is C21H25N3O4S. The van der Waals surface area contributed by atoms with Crippen molar-refractivity contribution >= 4 is 27.5 Å². The van der Waals surface area contributed by atoms with Gasteiger partial charge < -0.3 is 10.2 Å². The topological polar surface area (TPSA) is 86.8 Å². The molecule has 1 aliphatic heterocycles. The Kier molecular flexibility index (Phi) is 6.34. The normalized spacial score (nSPS) is 14.2. The van der Waals surface area contributed by atoms with Crippen LogP contribution in [-0.4, -0.2) is 56.6 Å². The molecule has 1 heterocycles. The Hall–Kier alpha value is -2.71. The van der Waals surface area contributed by atoms with Gasteiger partial charge in [0.25, 0.3) is 5.91 Å². The number of hydrogen-bond donors (Lipinski definition) is 1. The van der Waals surface area contributed by atoms with E-state index in [0.29, 0.717) is 17.7 Å². The molecule has 8 heteroatoms. The van der Waals surface area contributed by atoms with E-state index in [4.69, 9.17) is 0 Å². The SMILES string of the molecule is CN(C)S(=O)(=O)c1ccc(C(=O)Nc2ccc(CC(=O)N3CCCC3)cc2)cc1. The average Bonchev–Trinajstić information content (AvgIpc) is 3.24. The van der Waals surface area contributed by atoms with E-state index in [1.54, 1.807) is 12.1 Å². The highest BCUT2D eigenvalue weighted by Gasteiger charge is 2.19. The quantitative estimate of drug-likeness (QED) is 0.785. The van der Waals surface area contributed by atoms with Gasteiger partial charge in [-0.25, -0.2) is 12.7 Å². The molecule has 1 aliphatic rings. The van der Waals surface area contributed by atoms with Gasteiger partial charge in [-0.3, -0.25) is 9.59 Å². The van der Waals surface area contributed by atoms with E-state index in [-0.39, 0.29) is 16.7 Å². The molecule has 7 nitrogen and oxygen atoms in total. The van der Waals surface area contributed by atoms with E-state index in [0.717, 1.165) is 35.8 Å². The minimum Gasteiger partial charge on any atom is -0.342 e. The molecule has 1 saturated heterocycles. The molecule has 0 bridgehead atoms. The summed E-state index contributed by atoms with van der Waals surface area (Å²) in [6.45, 7) is 1.67. The molecule has 0 aromatic heterocycles. The second kappa shape index (κ2) is 8.75. The molecule has 29 heavy (non-hydrogen) atoms. The first-order valence-electron chi connectivity index (χ1n) is 9.48. The van der Waals surface area contributed by atoms with Crippen LogP contribution in [-0.2, 0) is 21.2 Å². The zero-order chi connectivity index (χ0) is 21.0. The van der Waals surface area contributed by atoms with Crippen LogP contribution in [0.5, 0.6) is 0 Å². The number of carbonyl (C=O) groups excluding carboxylic acids is 2. The van der Waals surface area contributed by atoms with Crippen LogP contribution in [0.15, 0.2) is 53.4 Å². The lowest BCUT2D eigenvalue weighted by Crippen LogP contribution is -2.29. The van der Waals surface area contributed by atoms with E-state index in [1.807, 2.05) is 17.0 Å². The molecule has 3 rings (SSSR count). The Morgan fingerprint density at radius 3 is 2.10 bits per heavy atom. The smallest absolute Gasteiger partial charge is 0.255 e. The number of sulfonamides is 1. The number of hydrogen-bond acceptors (Lipinski definition) is 4. The summed E-state index contributed by atoms with van der Waals surface area (Å²) in [6, 6.07) is 13.0. The predicted molar refractivity (Wildman–Crippen MR) is 111 cm³/mol. The molecule has 1 fully saturated rings. The Morgan fingerprint density at radius 1 is 0.966 bits per heavy atom. The van der Waals surface area contributed by atoms with Crippen LogP contribution in [0.1, 0.15) is 28.8 Å². The van der Waals surface area contributed by atoms with Gasteiger partial charge in [0.2, 0.25) is 15.9 Å². The van der Waals surface area contributed by atoms with E-state index in [9.17, 15) is 18.0 Å². The molecule has 2 amide bonds. The van der Waals surface area contributed by atoms with Crippen molar-refractivity contribution in [3.63, 3.8) is 0 Å². The molecule has 154 valence electrons. The monoisotopic (exact) mass is 415 g/mol. The Labute approximate surface area is 171 Å². The number of nitrogens with one attached hydrogen (secondary N) is 1. The highest BCUT2D eigenvalue weighted by molar-refractivity contribution is 7.89.